The normalized spacial score (nSPS) is 10.5. The number of amides is 1. The topological polar surface area (TPSA) is 59.2 Å². The van der Waals surface area contributed by atoms with Crippen molar-refractivity contribution in [2.45, 2.75) is 18.1 Å². The van der Waals surface area contributed by atoms with Crippen LogP contribution in [0.2, 0.25) is 0 Å². The molecule has 3 aromatic rings. The molecule has 0 aliphatic carbocycles. The summed E-state index contributed by atoms with van der Waals surface area (Å²) in [6.07, 6.45) is 8.69. The maximum atomic E-state index is 13.0. The van der Waals surface area contributed by atoms with Crippen molar-refractivity contribution in [2.24, 2.45) is 0 Å². The summed E-state index contributed by atoms with van der Waals surface area (Å²) in [5, 5.41) is 0.820. The second kappa shape index (κ2) is 7.79. The molecule has 0 saturated heterocycles. The highest BCUT2D eigenvalue weighted by Crippen LogP contribution is 2.17. The standard InChI is InChI=1S/C18H17N3O2S/c1-24-17-10-15(6-8-20-17)18(22)21(13-16-5-3-9-23-16)12-14-4-2-7-19-11-14/h2-11H,12-13H2,1H3. The molecule has 122 valence electrons. The first-order chi connectivity index (χ1) is 11.8. The molecule has 0 atom stereocenters. The minimum atomic E-state index is -0.0621. The van der Waals surface area contributed by atoms with Gasteiger partial charge in [0.15, 0.2) is 0 Å². The molecule has 0 spiro atoms. The van der Waals surface area contributed by atoms with E-state index in [0.29, 0.717) is 18.7 Å². The van der Waals surface area contributed by atoms with Gasteiger partial charge in [0.25, 0.3) is 5.91 Å². The van der Waals surface area contributed by atoms with Crippen LogP contribution in [-0.2, 0) is 13.1 Å². The van der Waals surface area contributed by atoms with Crippen molar-refractivity contribution in [3.8, 4) is 0 Å². The molecule has 0 aromatic carbocycles. The van der Waals surface area contributed by atoms with Crippen LogP contribution in [0.3, 0.4) is 0 Å². The van der Waals surface area contributed by atoms with Crippen LogP contribution in [-0.4, -0.2) is 27.0 Å². The van der Waals surface area contributed by atoms with Gasteiger partial charge >= 0.3 is 0 Å². The van der Waals surface area contributed by atoms with Crippen LogP contribution in [0.5, 0.6) is 0 Å². The van der Waals surface area contributed by atoms with E-state index in [4.69, 9.17) is 4.42 Å². The fraction of sp³-hybridized carbons (Fsp3) is 0.167. The van der Waals surface area contributed by atoms with Crippen molar-refractivity contribution in [2.75, 3.05) is 6.26 Å². The maximum absolute atomic E-state index is 13.0. The van der Waals surface area contributed by atoms with Crippen LogP contribution in [0.4, 0.5) is 0 Å². The smallest absolute Gasteiger partial charge is 0.254 e. The molecular formula is C18H17N3O2S. The van der Waals surface area contributed by atoms with Gasteiger partial charge in [-0.2, -0.15) is 0 Å². The molecule has 0 saturated carbocycles. The molecule has 0 aliphatic heterocycles. The maximum Gasteiger partial charge on any atom is 0.254 e. The molecule has 0 radical (unpaired) electrons. The van der Waals surface area contributed by atoms with Crippen LogP contribution in [0.1, 0.15) is 21.7 Å². The van der Waals surface area contributed by atoms with Crippen LogP contribution in [0.15, 0.2) is 70.7 Å². The van der Waals surface area contributed by atoms with E-state index in [2.05, 4.69) is 9.97 Å². The Morgan fingerprint density at radius 1 is 1.21 bits per heavy atom. The summed E-state index contributed by atoms with van der Waals surface area (Å²) in [4.78, 5) is 23.1. The largest absolute Gasteiger partial charge is 0.467 e. The average molecular weight is 339 g/mol. The molecule has 3 aromatic heterocycles. The summed E-state index contributed by atoms with van der Waals surface area (Å²) in [7, 11) is 0. The van der Waals surface area contributed by atoms with E-state index in [-0.39, 0.29) is 5.91 Å². The van der Waals surface area contributed by atoms with Gasteiger partial charge < -0.3 is 9.32 Å². The van der Waals surface area contributed by atoms with Crippen LogP contribution >= 0.6 is 11.8 Å². The Balaban J connectivity index is 1.86. The first-order valence-corrected chi connectivity index (χ1v) is 8.69. The van der Waals surface area contributed by atoms with Crippen LogP contribution in [0.25, 0.3) is 0 Å². The lowest BCUT2D eigenvalue weighted by Gasteiger charge is -2.22. The summed E-state index contributed by atoms with van der Waals surface area (Å²) in [5.74, 6) is 0.680. The quantitative estimate of drug-likeness (QED) is 0.642. The summed E-state index contributed by atoms with van der Waals surface area (Å²) in [6.45, 7) is 0.863. The number of pyridine rings is 2. The molecule has 3 heterocycles. The van der Waals surface area contributed by atoms with E-state index < -0.39 is 0 Å². The van der Waals surface area contributed by atoms with Gasteiger partial charge in [0.2, 0.25) is 0 Å². The monoisotopic (exact) mass is 339 g/mol. The third kappa shape index (κ3) is 4.02. The van der Waals surface area contributed by atoms with Crippen LogP contribution < -0.4 is 0 Å². The Morgan fingerprint density at radius 2 is 2.12 bits per heavy atom. The molecule has 6 heteroatoms. The highest BCUT2D eigenvalue weighted by atomic mass is 32.2. The van der Waals surface area contributed by atoms with E-state index in [9.17, 15) is 4.79 Å². The lowest BCUT2D eigenvalue weighted by Crippen LogP contribution is -2.30. The number of aromatic nitrogens is 2. The number of nitrogens with zero attached hydrogens (tertiary/aromatic N) is 3. The molecule has 0 bridgehead atoms. The number of thioether (sulfide) groups is 1. The predicted molar refractivity (Wildman–Crippen MR) is 92.5 cm³/mol. The minimum Gasteiger partial charge on any atom is -0.467 e. The van der Waals surface area contributed by atoms with Gasteiger partial charge in [0.05, 0.1) is 17.8 Å². The predicted octanol–water partition coefficient (Wildman–Crippen LogP) is 3.63. The molecule has 1 amide bonds. The van der Waals surface area contributed by atoms with Gasteiger partial charge in [-0.15, -0.1) is 11.8 Å². The second-order valence-electron chi connectivity index (χ2n) is 5.19. The van der Waals surface area contributed by atoms with Gasteiger partial charge in [-0.25, -0.2) is 4.98 Å². The Morgan fingerprint density at radius 3 is 2.83 bits per heavy atom. The number of carbonyl (C=O) groups is 1. The van der Waals surface area contributed by atoms with Crippen molar-refractivity contribution in [1.29, 1.82) is 0 Å². The molecule has 0 aliphatic rings. The minimum absolute atomic E-state index is 0.0621. The Bertz CT molecular complexity index is 791. The van der Waals surface area contributed by atoms with Gasteiger partial charge in [0.1, 0.15) is 5.76 Å². The van der Waals surface area contributed by atoms with Gasteiger partial charge in [0, 0.05) is 30.7 Å². The highest BCUT2D eigenvalue weighted by molar-refractivity contribution is 7.98. The SMILES string of the molecule is CSc1cc(C(=O)N(Cc2cccnc2)Cc2ccco2)ccn1. The van der Waals surface area contributed by atoms with E-state index >= 15 is 0 Å². The van der Waals surface area contributed by atoms with Gasteiger partial charge in [-0.3, -0.25) is 9.78 Å². The average Bonchev–Trinajstić information content (AvgIpc) is 3.14. The van der Waals surface area contributed by atoms with E-state index in [1.54, 1.807) is 35.8 Å². The van der Waals surface area contributed by atoms with Crippen LogP contribution in [0, 0.1) is 0 Å². The van der Waals surface area contributed by atoms with Gasteiger partial charge in [-0.05, 0) is 42.2 Å². The van der Waals surface area contributed by atoms with E-state index in [0.717, 1.165) is 16.3 Å². The zero-order valence-electron chi connectivity index (χ0n) is 13.3. The van der Waals surface area contributed by atoms with Gasteiger partial charge in [-0.1, -0.05) is 6.07 Å². The third-order valence-electron chi connectivity index (χ3n) is 3.50. The first-order valence-electron chi connectivity index (χ1n) is 7.47. The molecular weight excluding hydrogens is 322 g/mol. The Labute approximate surface area is 144 Å². The second-order valence-corrected chi connectivity index (χ2v) is 6.02. The molecule has 24 heavy (non-hydrogen) atoms. The fourth-order valence-electron chi connectivity index (χ4n) is 2.34. The van der Waals surface area contributed by atoms with Crippen molar-refractivity contribution < 1.29 is 9.21 Å². The Hall–Kier alpha value is -2.60. The van der Waals surface area contributed by atoms with Crippen molar-refractivity contribution in [3.05, 3.63) is 78.1 Å². The number of carbonyl (C=O) groups excluding carboxylic acids is 1. The molecule has 5 nitrogen and oxygen atoms in total. The highest BCUT2D eigenvalue weighted by Gasteiger charge is 2.18. The summed E-state index contributed by atoms with van der Waals surface area (Å²) in [5.41, 5.74) is 1.58. The molecule has 0 unspecified atom stereocenters. The molecule has 0 N–H and O–H groups in total. The third-order valence-corrected chi connectivity index (χ3v) is 4.14. The number of rotatable bonds is 6. The molecule has 3 rings (SSSR count). The lowest BCUT2D eigenvalue weighted by atomic mass is 10.2. The van der Waals surface area contributed by atoms with E-state index in [1.807, 2.05) is 36.6 Å². The van der Waals surface area contributed by atoms with Crippen molar-refractivity contribution >= 4 is 17.7 Å². The number of hydrogen-bond acceptors (Lipinski definition) is 5. The Kier molecular flexibility index (Phi) is 5.28. The first kappa shape index (κ1) is 16.3. The summed E-state index contributed by atoms with van der Waals surface area (Å²) >= 11 is 1.51. The van der Waals surface area contributed by atoms with Crippen molar-refractivity contribution in [1.82, 2.24) is 14.9 Å². The number of hydrogen-bond donors (Lipinski definition) is 0. The summed E-state index contributed by atoms with van der Waals surface area (Å²) < 4.78 is 5.41. The fourth-order valence-corrected chi connectivity index (χ4v) is 2.75. The summed E-state index contributed by atoms with van der Waals surface area (Å²) in [6, 6.07) is 11.0. The van der Waals surface area contributed by atoms with Crippen molar-refractivity contribution in [3.63, 3.8) is 0 Å². The number of furan rings is 1. The van der Waals surface area contributed by atoms with E-state index in [1.165, 1.54) is 11.8 Å². The lowest BCUT2D eigenvalue weighted by molar-refractivity contribution is 0.0717. The zero-order chi connectivity index (χ0) is 16.8. The zero-order valence-corrected chi connectivity index (χ0v) is 14.1. The molecule has 0 fully saturated rings.